The molecule has 4 heteroatoms. The number of anilines is 1. The lowest BCUT2D eigenvalue weighted by Gasteiger charge is -2.42. The molecule has 1 saturated heterocycles. The zero-order chi connectivity index (χ0) is 11.8. The largest absolute Gasteiger partial charge is 0.488 e. The predicted octanol–water partition coefficient (Wildman–Crippen LogP) is 1.96. The molecule has 2 aliphatic heterocycles. The van der Waals surface area contributed by atoms with Gasteiger partial charge in [0.25, 0.3) is 0 Å². The van der Waals surface area contributed by atoms with Crippen molar-refractivity contribution in [2.75, 3.05) is 31.1 Å². The van der Waals surface area contributed by atoms with Gasteiger partial charge in [-0.15, -0.1) is 0 Å². The zero-order valence-corrected chi connectivity index (χ0v) is 10.6. The fraction of sp³-hybridized carbons (Fsp3) is 0.692. The first kappa shape index (κ1) is 11.0. The summed E-state index contributed by atoms with van der Waals surface area (Å²) in [6.07, 6.45) is 2.80. The summed E-state index contributed by atoms with van der Waals surface area (Å²) in [6.45, 7) is 8.57. The van der Waals surface area contributed by atoms with E-state index in [2.05, 4.69) is 23.6 Å². The van der Waals surface area contributed by atoms with E-state index in [1.165, 1.54) is 0 Å². The molecular formula is C13H20N2O2. The minimum atomic E-state index is 0.526. The monoisotopic (exact) mass is 236 g/mol. The lowest BCUT2D eigenvalue weighted by Crippen LogP contribution is -2.54. The molecule has 1 aromatic rings. The van der Waals surface area contributed by atoms with Crippen molar-refractivity contribution in [1.29, 1.82) is 0 Å². The van der Waals surface area contributed by atoms with Crippen molar-refractivity contribution < 1.29 is 9.15 Å². The average Bonchev–Trinajstić information content (AvgIpc) is 2.71. The van der Waals surface area contributed by atoms with Crippen LogP contribution in [0.3, 0.4) is 0 Å². The molecule has 0 saturated carbocycles. The van der Waals surface area contributed by atoms with Gasteiger partial charge >= 0.3 is 0 Å². The van der Waals surface area contributed by atoms with Gasteiger partial charge < -0.3 is 14.1 Å². The smallest absolute Gasteiger partial charge is 0.238 e. The van der Waals surface area contributed by atoms with E-state index in [-0.39, 0.29) is 0 Å². The number of piperazine rings is 1. The van der Waals surface area contributed by atoms with E-state index >= 15 is 0 Å². The Labute approximate surface area is 102 Å². The van der Waals surface area contributed by atoms with Crippen LogP contribution in [0.1, 0.15) is 20.3 Å². The molecule has 1 fully saturated rings. The molecule has 1 atom stereocenters. The molecule has 0 radical (unpaired) electrons. The van der Waals surface area contributed by atoms with Crippen LogP contribution >= 0.6 is 0 Å². The van der Waals surface area contributed by atoms with Gasteiger partial charge in [0.2, 0.25) is 5.88 Å². The zero-order valence-electron chi connectivity index (χ0n) is 10.6. The molecule has 3 heterocycles. The molecule has 0 amide bonds. The molecule has 0 bridgehead atoms. The molecule has 3 rings (SSSR count). The van der Waals surface area contributed by atoms with Crippen LogP contribution in [-0.2, 0) is 0 Å². The van der Waals surface area contributed by atoms with E-state index in [0.29, 0.717) is 12.1 Å². The molecule has 0 aliphatic carbocycles. The molecule has 4 nitrogen and oxygen atoms in total. The SMILES string of the molecule is CC(C)N1CCN2c3occc3OCC[C@@H]2C1. The van der Waals surface area contributed by atoms with Gasteiger partial charge in [-0.1, -0.05) is 0 Å². The summed E-state index contributed by atoms with van der Waals surface area (Å²) < 4.78 is 11.3. The maximum absolute atomic E-state index is 5.72. The van der Waals surface area contributed by atoms with Gasteiger partial charge in [0, 0.05) is 44.2 Å². The summed E-state index contributed by atoms with van der Waals surface area (Å²) in [5.41, 5.74) is 0. The highest BCUT2D eigenvalue weighted by Gasteiger charge is 2.33. The maximum atomic E-state index is 5.72. The number of ether oxygens (including phenoxy) is 1. The average molecular weight is 236 g/mol. The summed E-state index contributed by atoms with van der Waals surface area (Å²) in [5, 5.41) is 0. The van der Waals surface area contributed by atoms with Crippen LogP contribution < -0.4 is 9.64 Å². The minimum absolute atomic E-state index is 0.526. The fourth-order valence-electron chi connectivity index (χ4n) is 2.78. The molecule has 17 heavy (non-hydrogen) atoms. The Morgan fingerprint density at radius 1 is 1.35 bits per heavy atom. The van der Waals surface area contributed by atoms with Gasteiger partial charge in [0.05, 0.1) is 12.9 Å². The Morgan fingerprint density at radius 2 is 2.24 bits per heavy atom. The Hall–Kier alpha value is -1.16. The van der Waals surface area contributed by atoms with Gasteiger partial charge in [-0.05, 0) is 13.8 Å². The van der Waals surface area contributed by atoms with E-state index in [4.69, 9.17) is 9.15 Å². The first-order valence-corrected chi connectivity index (χ1v) is 6.46. The van der Waals surface area contributed by atoms with E-state index in [1.54, 1.807) is 6.26 Å². The van der Waals surface area contributed by atoms with Crippen LogP contribution in [0.4, 0.5) is 5.88 Å². The first-order valence-electron chi connectivity index (χ1n) is 6.46. The summed E-state index contributed by atoms with van der Waals surface area (Å²) in [6, 6.07) is 3.07. The lowest BCUT2D eigenvalue weighted by molar-refractivity contribution is 0.170. The Kier molecular flexibility index (Phi) is 2.74. The minimum Gasteiger partial charge on any atom is -0.488 e. The third kappa shape index (κ3) is 1.90. The van der Waals surface area contributed by atoms with Crippen LogP contribution in [0, 0.1) is 0 Å². The number of hydrogen-bond donors (Lipinski definition) is 0. The van der Waals surface area contributed by atoms with E-state index < -0.39 is 0 Å². The van der Waals surface area contributed by atoms with Crippen LogP contribution in [0.5, 0.6) is 5.75 Å². The predicted molar refractivity (Wildman–Crippen MR) is 66.7 cm³/mol. The molecule has 1 aromatic heterocycles. The number of nitrogens with zero attached hydrogens (tertiary/aromatic N) is 2. The lowest BCUT2D eigenvalue weighted by atomic mass is 10.1. The van der Waals surface area contributed by atoms with Crippen molar-refractivity contribution in [3.05, 3.63) is 12.3 Å². The van der Waals surface area contributed by atoms with Crippen LogP contribution in [0.2, 0.25) is 0 Å². The Morgan fingerprint density at radius 3 is 3.06 bits per heavy atom. The van der Waals surface area contributed by atoms with Crippen molar-refractivity contribution in [3.8, 4) is 5.75 Å². The Bertz CT molecular complexity index is 389. The van der Waals surface area contributed by atoms with E-state index in [9.17, 15) is 0 Å². The highest BCUT2D eigenvalue weighted by molar-refractivity contribution is 5.52. The third-order valence-corrected chi connectivity index (χ3v) is 3.82. The maximum Gasteiger partial charge on any atom is 0.238 e. The normalized spacial score (nSPS) is 25.1. The second kappa shape index (κ2) is 4.26. The second-order valence-corrected chi connectivity index (χ2v) is 5.16. The van der Waals surface area contributed by atoms with Gasteiger partial charge in [-0.3, -0.25) is 4.90 Å². The molecule has 0 spiro atoms. The molecule has 0 aromatic carbocycles. The van der Waals surface area contributed by atoms with E-state index in [0.717, 1.165) is 44.3 Å². The van der Waals surface area contributed by atoms with Crippen LogP contribution in [0.25, 0.3) is 0 Å². The molecule has 2 aliphatic rings. The van der Waals surface area contributed by atoms with Crippen molar-refractivity contribution in [2.24, 2.45) is 0 Å². The highest BCUT2D eigenvalue weighted by Crippen LogP contribution is 2.35. The van der Waals surface area contributed by atoms with Gasteiger partial charge in [0.1, 0.15) is 0 Å². The quantitative estimate of drug-likeness (QED) is 0.745. The third-order valence-electron chi connectivity index (χ3n) is 3.82. The van der Waals surface area contributed by atoms with Gasteiger partial charge in [0.15, 0.2) is 5.75 Å². The number of hydrogen-bond acceptors (Lipinski definition) is 4. The topological polar surface area (TPSA) is 28.9 Å². The van der Waals surface area contributed by atoms with Crippen LogP contribution in [0.15, 0.2) is 16.7 Å². The van der Waals surface area contributed by atoms with Crippen molar-refractivity contribution in [3.63, 3.8) is 0 Å². The number of rotatable bonds is 1. The van der Waals surface area contributed by atoms with Crippen molar-refractivity contribution >= 4 is 5.88 Å². The summed E-state index contributed by atoms with van der Waals surface area (Å²) in [5.74, 6) is 1.83. The van der Waals surface area contributed by atoms with Crippen molar-refractivity contribution in [1.82, 2.24) is 4.90 Å². The summed E-state index contributed by atoms with van der Waals surface area (Å²) in [7, 11) is 0. The molecule has 0 N–H and O–H groups in total. The van der Waals surface area contributed by atoms with E-state index in [1.807, 2.05) is 6.07 Å². The second-order valence-electron chi connectivity index (χ2n) is 5.16. The van der Waals surface area contributed by atoms with Crippen molar-refractivity contribution in [2.45, 2.75) is 32.4 Å². The fourth-order valence-corrected chi connectivity index (χ4v) is 2.78. The highest BCUT2D eigenvalue weighted by atomic mass is 16.5. The molecular weight excluding hydrogens is 216 g/mol. The Balaban J connectivity index is 1.83. The van der Waals surface area contributed by atoms with Crippen LogP contribution in [-0.4, -0.2) is 43.2 Å². The van der Waals surface area contributed by atoms with Gasteiger partial charge in [-0.25, -0.2) is 0 Å². The number of furan rings is 1. The van der Waals surface area contributed by atoms with Gasteiger partial charge in [-0.2, -0.15) is 0 Å². The number of fused-ring (bicyclic) bond motifs is 3. The molecule has 0 unspecified atom stereocenters. The summed E-state index contributed by atoms with van der Waals surface area (Å²) >= 11 is 0. The first-order chi connectivity index (χ1) is 8.25. The standard InChI is InChI=1S/C13H20N2O2/c1-10(2)14-5-6-15-11(9-14)3-7-16-12-4-8-17-13(12)15/h4,8,10-11H,3,5-7,9H2,1-2H3/t11-/m1/s1. The summed E-state index contributed by atoms with van der Waals surface area (Å²) in [4.78, 5) is 4.91. The molecule has 94 valence electrons.